The van der Waals surface area contributed by atoms with Gasteiger partial charge in [0.15, 0.2) is 0 Å². The molecule has 28 heavy (non-hydrogen) atoms. The van der Waals surface area contributed by atoms with Gasteiger partial charge in [-0.2, -0.15) is 0 Å². The number of rotatable bonds is 6. The minimum Gasteiger partial charge on any atom is -0.508 e. The molecule has 2 nitrogen and oxygen atoms in total. The highest BCUT2D eigenvalue weighted by Gasteiger charge is 2.07. The lowest BCUT2D eigenvalue weighted by atomic mass is 9.93. The van der Waals surface area contributed by atoms with E-state index in [0.29, 0.717) is 24.2 Å². The second kappa shape index (κ2) is 13.8. The van der Waals surface area contributed by atoms with Crippen LogP contribution in [0.15, 0.2) is 67.8 Å². The molecule has 2 heteroatoms. The minimum absolute atomic E-state index is 0.300. The number of hydrogen-bond donors (Lipinski definition) is 2. The van der Waals surface area contributed by atoms with Gasteiger partial charge in [0.2, 0.25) is 0 Å². The molecule has 2 rings (SSSR count). The minimum atomic E-state index is 0.300. The molecule has 0 saturated carbocycles. The first-order valence-corrected chi connectivity index (χ1v) is 10.0. The number of aliphatic hydroxyl groups is 1. The van der Waals surface area contributed by atoms with Crippen molar-refractivity contribution in [1.29, 1.82) is 0 Å². The molecule has 2 aromatic rings. The average Bonchev–Trinajstić information content (AvgIpc) is 2.65. The van der Waals surface area contributed by atoms with Crippen LogP contribution in [0.1, 0.15) is 52.2 Å². The van der Waals surface area contributed by atoms with Gasteiger partial charge in [-0.05, 0) is 59.1 Å². The fourth-order valence-electron chi connectivity index (χ4n) is 2.46. The molecule has 2 N–H and O–H groups in total. The van der Waals surface area contributed by atoms with Crippen LogP contribution in [0.3, 0.4) is 0 Å². The summed E-state index contributed by atoms with van der Waals surface area (Å²) in [5.74, 6) is 0.325. The van der Waals surface area contributed by atoms with E-state index in [-0.39, 0.29) is 0 Å². The highest BCUT2D eigenvalue weighted by molar-refractivity contribution is 5.66. The number of allylic oxidation sites excluding steroid dienone is 2. The summed E-state index contributed by atoms with van der Waals surface area (Å²) >= 11 is 0. The van der Waals surface area contributed by atoms with Crippen LogP contribution in [-0.2, 0) is 12.8 Å². The third-order valence-corrected chi connectivity index (χ3v) is 3.95. The fourth-order valence-corrected chi connectivity index (χ4v) is 2.46. The molecular weight excluding hydrogens is 344 g/mol. The topological polar surface area (TPSA) is 40.5 Å². The maximum Gasteiger partial charge on any atom is 0.119 e. The Hall–Kier alpha value is -2.32. The van der Waals surface area contributed by atoms with E-state index in [1.807, 2.05) is 38.1 Å². The molecule has 0 atom stereocenters. The molecule has 0 aliphatic carbocycles. The van der Waals surface area contributed by atoms with Crippen LogP contribution in [0.2, 0.25) is 0 Å². The number of benzene rings is 2. The standard InChI is InChI=1S/C18H18O.C6H14O.C2H6/c1-3-6-14-8-5-9-15(12-14)16-10-11-18(19)17(13-16)7-4-2;1-6(2,3)4-5-7;1-2/h3-5,8-13,19H,1-2,6-7H2;7H,4-5H2,1-3H3;1-2H3. The molecule has 0 fully saturated rings. The lowest BCUT2D eigenvalue weighted by molar-refractivity contribution is 0.225. The van der Waals surface area contributed by atoms with E-state index < -0.39 is 0 Å². The Bertz CT molecular complexity index is 709. The second-order valence-electron chi connectivity index (χ2n) is 7.56. The van der Waals surface area contributed by atoms with Crippen molar-refractivity contribution >= 4 is 0 Å². The van der Waals surface area contributed by atoms with Gasteiger partial charge in [0.25, 0.3) is 0 Å². The number of phenolic OH excluding ortho intramolecular Hbond substituents is 1. The van der Waals surface area contributed by atoms with E-state index in [2.05, 4.69) is 52.1 Å². The largest absolute Gasteiger partial charge is 0.508 e. The Morgan fingerprint density at radius 3 is 2.00 bits per heavy atom. The van der Waals surface area contributed by atoms with Crippen LogP contribution in [-0.4, -0.2) is 16.8 Å². The highest BCUT2D eigenvalue weighted by Crippen LogP contribution is 2.27. The van der Waals surface area contributed by atoms with Crippen LogP contribution in [0, 0.1) is 5.41 Å². The van der Waals surface area contributed by atoms with Crippen molar-refractivity contribution < 1.29 is 10.2 Å². The molecular formula is C26H38O2. The van der Waals surface area contributed by atoms with Crippen LogP contribution in [0.5, 0.6) is 5.75 Å². The first kappa shape index (κ1) is 25.7. The Morgan fingerprint density at radius 2 is 1.50 bits per heavy atom. The summed E-state index contributed by atoms with van der Waals surface area (Å²) in [5.41, 5.74) is 4.71. The van der Waals surface area contributed by atoms with Gasteiger partial charge in [-0.1, -0.05) is 77.1 Å². The lowest BCUT2D eigenvalue weighted by Gasteiger charge is -2.14. The predicted molar refractivity (Wildman–Crippen MR) is 124 cm³/mol. The van der Waals surface area contributed by atoms with Crippen molar-refractivity contribution in [2.45, 2.75) is 53.9 Å². The number of phenols is 1. The maximum absolute atomic E-state index is 9.79. The van der Waals surface area contributed by atoms with E-state index in [4.69, 9.17) is 5.11 Å². The van der Waals surface area contributed by atoms with E-state index in [0.717, 1.165) is 29.5 Å². The highest BCUT2D eigenvalue weighted by atomic mass is 16.3. The summed E-state index contributed by atoms with van der Waals surface area (Å²) < 4.78 is 0. The molecule has 0 radical (unpaired) electrons. The summed E-state index contributed by atoms with van der Waals surface area (Å²) in [5, 5.41) is 18.2. The Kier molecular flexibility index (Phi) is 12.6. The molecule has 0 aromatic heterocycles. The molecule has 0 heterocycles. The van der Waals surface area contributed by atoms with Crippen molar-refractivity contribution in [2.24, 2.45) is 5.41 Å². The Morgan fingerprint density at radius 1 is 0.893 bits per heavy atom. The van der Waals surface area contributed by atoms with Crippen molar-refractivity contribution in [1.82, 2.24) is 0 Å². The van der Waals surface area contributed by atoms with Gasteiger partial charge in [0, 0.05) is 6.61 Å². The number of hydrogen-bond acceptors (Lipinski definition) is 2. The zero-order valence-electron chi connectivity index (χ0n) is 18.3. The third kappa shape index (κ3) is 10.1. The van der Waals surface area contributed by atoms with E-state index in [9.17, 15) is 5.11 Å². The summed E-state index contributed by atoms with van der Waals surface area (Å²) in [6.07, 6.45) is 6.14. The Balaban J connectivity index is 0.000000688. The summed E-state index contributed by atoms with van der Waals surface area (Å²) in [4.78, 5) is 0. The van der Waals surface area contributed by atoms with Crippen molar-refractivity contribution in [3.63, 3.8) is 0 Å². The maximum atomic E-state index is 9.79. The first-order valence-electron chi connectivity index (χ1n) is 10.0. The molecule has 0 spiro atoms. The zero-order valence-corrected chi connectivity index (χ0v) is 18.3. The average molecular weight is 383 g/mol. The molecule has 0 bridgehead atoms. The lowest BCUT2D eigenvalue weighted by Crippen LogP contribution is -2.06. The smallest absolute Gasteiger partial charge is 0.119 e. The van der Waals surface area contributed by atoms with Crippen LogP contribution in [0.25, 0.3) is 11.1 Å². The monoisotopic (exact) mass is 382 g/mol. The van der Waals surface area contributed by atoms with E-state index in [1.54, 1.807) is 12.1 Å². The number of aliphatic hydroxyl groups excluding tert-OH is 1. The predicted octanol–water partition coefficient (Wildman–Crippen LogP) is 6.96. The van der Waals surface area contributed by atoms with Gasteiger partial charge in [0.05, 0.1) is 0 Å². The van der Waals surface area contributed by atoms with Crippen LogP contribution in [0.4, 0.5) is 0 Å². The van der Waals surface area contributed by atoms with Gasteiger partial charge in [0.1, 0.15) is 5.75 Å². The van der Waals surface area contributed by atoms with Crippen molar-refractivity contribution in [3.05, 3.63) is 78.9 Å². The normalized spacial score (nSPS) is 10.1. The van der Waals surface area contributed by atoms with Crippen molar-refractivity contribution in [3.8, 4) is 16.9 Å². The van der Waals surface area contributed by atoms with Crippen molar-refractivity contribution in [2.75, 3.05) is 6.61 Å². The molecule has 0 amide bonds. The van der Waals surface area contributed by atoms with Crippen LogP contribution >= 0.6 is 0 Å². The van der Waals surface area contributed by atoms with Gasteiger partial charge in [-0.15, -0.1) is 13.2 Å². The molecule has 0 unspecified atom stereocenters. The second-order valence-corrected chi connectivity index (χ2v) is 7.56. The molecule has 0 aliphatic heterocycles. The molecule has 2 aromatic carbocycles. The molecule has 0 saturated heterocycles. The van der Waals surface area contributed by atoms with Gasteiger partial charge >= 0.3 is 0 Å². The number of aromatic hydroxyl groups is 1. The summed E-state index contributed by atoms with van der Waals surface area (Å²) in [7, 11) is 0. The van der Waals surface area contributed by atoms with Gasteiger partial charge < -0.3 is 10.2 Å². The van der Waals surface area contributed by atoms with Crippen LogP contribution < -0.4 is 0 Å². The fraction of sp³-hybridized carbons (Fsp3) is 0.385. The van der Waals surface area contributed by atoms with E-state index in [1.165, 1.54) is 5.56 Å². The molecule has 154 valence electrons. The van der Waals surface area contributed by atoms with Gasteiger partial charge in [-0.3, -0.25) is 0 Å². The van der Waals surface area contributed by atoms with E-state index >= 15 is 0 Å². The first-order chi connectivity index (χ1) is 13.3. The molecule has 0 aliphatic rings. The summed E-state index contributed by atoms with van der Waals surface area (Å²) in [6, 6.07) is 14.1. The Labute approximate surface area is 172 Å². The third-order valence-electron chi connectivity index (χ3n) is 3.95. The SMILES string of the molecule is C=CCc1cccc(-c2ccc(O)c(CC=C)c2)c1.CC.CC(C)(C)CCO. The zero-order chi connectivity index (χ0) is 21.6. The quantitative estimate of drug-likeness (QED) is 0.530. The summed E-state index contributed by atoms with van der Waals surface area (Å²) in [6.45, 7) is 18.1. The van der Waals surface area contributed by atoms with Gasteiger partial charge in [-0.25, -0.2) is 0 Å².